The summed E-state index contributed by atoms with van der Waals surface area (Å²) in [5, 5.41) is 0. The first-order valence-electron chi connectivity index (χ1n) is 6.03. The molecule has 1 unspecified atom stereocenters. The van der Waals surface area contributed by atoms with E-state index in [9.17, 15) is 4.79 Å². The molecule has 1 aliphatic rings. The van der Waals surface area contributed by atoms with Crippen LogP contribution in [0.5, 0.6) is 0 Å². The smallest absolute Gasteiger partial charge is 0.227 e. The Balaban J connectivity index is 2.05. The lowest BCUT2D eigenvalue weighted by Crippen LogP contribution is -2.37. The van der Waals surface area contributed by atoms with E-state index in [0.717, 1.165) is 24.4 Å². The summed E-state index contributed by atoms with van der Waals surface area (Å²) in [4.78, 5) is 14.1. The van der Waals surface area contributed by atoms with Gasteiger partial charge in [0.05, 0.1) is 6.54 Å². The number of furan rings is 1. The lowest BCUT2D eigenvalue weighted by atomic mass is 10.2. The Morgan fingerprint density at radius 1 is 1.59 bits per heavy atom. The third-order valence-corrected chi connectivity index (χ3v) is 3.51. The largest absolute Gasteiger partial charge is 0.464 e. The van der Waals surface area contributed by atoms with Gasteiger partial charge in [0.25, 0.3) is 0 Å². The van der Waals surface area contributed by atoms with E-state index in [1.165, 1.54) is 0 Å². The Hall–Kier alpha value is -0.960. The summed E-state index contributed by atoms with van der Waals surface area (Å²) in [6.45, 7) is 4.35. The predicted molar refractivity (Wildman–Crippen MR) is 66.9 cm³/mol. The lowest BCUT2D eigenvalue weighted by Gasteiger charge is -2.24. The Morgan fingerprint density at radius 3 is 2.76 bits per heavy atom. The van der Waals surface area contributed by atoms with Crippen LogP contribution in [-0.2, 0) is 11.3 Å². The van der Waals surface area contributed by atoms with Crippen LogP contribution in [0.15, 0.2) is 16.5 Å². The molecule has 1 aliphatic carbocycles. The van der Waals surface area contributed by atoms with Gasteiger partial charge in [-0.15, -0.1) is 11.6 Å². The second-order valence-corrected chi connectivity index (χ2v) is 5.07. The quantitative estimate of drug-likeness (QED) is 0.758. The van der Waals surface area contributed by atoms with Crippen molar-refractivity contribution in [2.75, 3.05) is 5.88 Å². The van der Waals surface area contributed by atoms with Crippen molar-refractivity contribution in [3.05, 3.63) is 23.7 Å². The highest BCUT2D eigenvalue weighted by atomic mass is 35.5. The van der Waals surface area contributed by atoms with Gasteiger partial charge in [-0.3, -0.25) is 4.79 Å². The van der Waals surface area contributed by atoms with Crippen molar-refractivity contribution in [3.63, 3.8) is 0 Å². The van der Waals surface area contributed by atoms with E-state index < -0.39 is 0 Å². The van der Waals surface area contributed by atoms with Crippen LogP contribution in [0.3, 0.4) is 0 Å². The average molecular weight is 256 g/mol. The van der Waals surface area contributed by atoms with E-state index in [2.05, 4.69) is 0 Å². The summed E-state index contributed by atoms with van der Waals surface area (Å²) in [7, 11) is 0. The number of aryl methyl sites for hydroxylation is 1. The van der Waals surface area contributed by atoms with Crippen molar-refractivity contribution in [2.45, 2.75) is 39.3 Å². The number of rotatable bonds is 5. The van der Waals surface area contributed by atoms with E-state index >= 15 is 0 Å². The Bertz CT molecular complexity index is 398. The molecular weight excluding hydrogens is 238 g/mol. The Morgan fingerprint density at radius 2 is 2.29 bits per heavy atom. The van der Waals surface area contributed by atoms with E-state index in [1.54, 1.807) is 0 Å². The van der Waals surface area contributed by atoms with E-state index in [4.69, 9.17) is 16.0 Å². The lowest BCUT2D eigenvalue weighted by molar-refractivity contribution is -0.135. The van der Waals surface area contributed by atoms with Crippen molar-refractivity contribution >= 4 is 17.5 Å². The zero-order chi connectivity index (χ0) is 12.4. The van der Waals surface area contributed by atoms with Gasteiger partial charge in [0, 0.05) is 17.8 Å². The minimum atomic E-state index is -0.117. The molecule has 1 atom stereocenters. The Labute approximate surface area is 107 Å². The van der Waals surface area contributed by atoms with Crippen molar-refractivity contribution in [1.82, 2.24) is 4.90 Å². The first-order valence-corrected chi connectivity index (χ1v) is 6.57. The van der Waals surface area contributed by atoms with Gasteiger partial charge in [-0.25, -0.2) is 0 Å². The molecule has 0 radical (unpaired) electrons. The van der Waals surface area contributed by atoms with Crippen LogP contribution >= 0.6 is 11.6 Å². The van der Waals surface area contributed by atoms with Crippen molar-refractivity contribution in [1.29, 1.82) is 0 Å². The summed E-state index contributed by atoms with van der Waals surface area (Å²) >= 11 is 5.75. The number of halogens is 1. The van der Waals surface area contributed by atoms with Crippen LogP contribution in [-0.4, -0.2) is 22.7 Å². The van der Waals surface area contributed by atoms with Crippen LogP contribution in [0.2, 0.25) is 0 Å². The number of amides is 1. The number of nitrogens with zero attached hydrogens (tertiary/aromatic N) is 1. The van der Waals surface area contributed by atoms with Crippen molar-refractivity contribution < 1.29 is 9.21 Å². The normalized spacial score (nSPS) is 16.9. The number of hydrogen-bond acceptors (Lipinski definition) is 2. The molecule has 94 valence electrons. The molecular formula is C13H18ClNO2. The molecule has 17 heavy (non-hydrogen) atoms. The molecule has 1 heterocycles. The second kappa shape index (κ2) is 5.13. The number of hydrogen-bond donors (Lipinski definition) is 0. The fraction of sp³-hybridized carbons (Fsp3) is 0.615. The highest BCUT2D eigenvalue weighted by Crippen LogP contribution is 2.30. The maximum Gasteiger partial charge on any atom is 0.227 e. The van der Waals surface area contributed by atoms with Crippen LogP contribution in [0, 0.1) is 12.8 Å². The van der Waals surface area contributed by atoms with Gasteiger partial charge in [-0.05, 0) is 31.9 Å². The predicted octanol–water partition coefficient (Wildman–Crippen LogP) is 2.95. The van der Waals surface area contributed by atoms with Gasteiger partial charge >= 0.3 is 0 Å². The maximum atomic E-state index is 12.2. The highest BCUT2D eigenvalue weighted by Gasteiger charge is 2.34. The van der Waals surface area contributed by atoms with Gasteiger partial charge in [0.1, 0.15) is 11.5 Å². The molecule has 1 amide bonds. The summed E-state index contributed by atoms with van der Waals surface area (Å²) < 4.78 is 5.53. The molecule has 4 heteroatoms. The Kier molecular flexibility index (Phi) is 3.77. The summed E-state index contributed by atoms with van der Waals surface area (Å²) in [6, 6.07) is 4.25. The third-order valence-electron chi connectivity index (χ3n) is 3.05. The summed E-state index contributed by atoms with van der Waals surface area (Å²) in [5.41, 5.74) is 0. The molecule has 0 N–H and O–H groups in total. The maximum absolute atomic E-state index is 12.2. The topological polar surface area (TPSA) is 33.5 Å². The SMILES string of the molecule is Cc1ccc(CN(C(=O)C(C)CCl)C2CC2)o1. The first-order chi connectivity index (χ1) is 8.11. The van der Waals surface area contributed by atoms with Gasteiger partial charge in [-0.2, -0.15) is 0 Å². The molecule has 3 nitrogen and oxygen atoms in total. The molecule has 0 bridgehead atoms. The molecule has 1 saturated carbocycles. The fourth-order valence-electron chi connectivity index (χ4n) is 1.86. The van der Waals surface area contributed by atoms with Crippen LogP contribution in [0.1, 0.15) is 31.3 Å². The van der Waals surface area contributed by atoms with E-state index in [-0.39, 0.29) is 11.8 Å². The monoisotopic (exact) mass is 255 g/mol. The zero-order valence-electron chi connectivity index (χ0n) is 10.3. The van der Waals surface area contributed by atoms with E-state index in [1.807, 2.05) is 30.9 Å². The third kappa shape index (κ3) is 3.03. The highest BCUT2D eigenvalue weighted by molar-refractivity contribution is 6.19. The summed E-state index contributed by atoms with van der Waals surface area (Å²) in [6.07, 6.45) is 2.20. The first kappa shape index (κ1) is 12.5. The van der Waals surface area contributed by atoms with Gasteiger partial charge < -0.3 is 9.32 Å². The minimum absolute atomic E-state index is 0.117. The molecule has 0 saturated heterocycles. The van der Waals surface area contributed by atoms with Crippen molar-refractivity contribution in [2.24, 2.45) is 5.92 Å². The molecule has 0 spiro atoms. The average Bonchev–Trinajstić information content (AvgIpc) is 3.08. The second-order valence-electron chi connectivity index (χ2n) is 4.77. The number of alkyl halides is 1. The summed E-state index contributed by atoms with van der Waals surface area (Å²) in [5.74, 6) is 2.13. The fourth-order valence-corrected chi connectivity index (χ4v) is 1.99. The zero-order valence-corrected chi connectivity index (χ0v) is 11.0. The van der Waals surface area contributed by atoms with Crippen LogP contribution in [0.4, 0.5) is 0 Å². The number of carbonyl (C=O) groups excluding carboxylic acids is 1. The van der Waals surface area contributed by atoms with Crippen molar-refractivity contribution in [3.8, 4) is 0 Å². The standard InChI is InChI=1S/C13H18ClNO2/c1-9(7-14)13(16)15(11-4-5-11)8-12-6-3-10(2)17-12/h3,6,9,11H,4-5,7-8H2,1-2H3. The van der Waals surface area contributed by atoms with Gasteiger partial charge in [-0.1, -0.05) is 6.92 Å². The van der Waals surface area contributed by atoms with Gasteiger partial charge in [0.15, 0.2) is 0 Å². The molecule has 0 aromatic carbocycles. The molecule has 1 aromatic rings. The molecule has 2 rings (SSSR count). The molecule has 1 aromatic heterocycles. The molecule has 1 fully saturated rings. The van der Waals surface area contributed by atoms with Crippen LogP contribution < -0.4 is 0 Å². The molecule has 0 aliphatic heterocycles. The number of carbonyl (C=O) groups is 1. The van der Waals surface area contributed by atoms with Gasteiger partial charge in [0.2, 0.25) is 5.91 Å². The van der Waals surface area contributed by atoms with Crippen LogP contribution in [0.25, 0.3) is 0 Å². The minimum Gasteiger partial charge on any atom is -0.464 e. The van der Waals surface area contributed by atoms with E-state index in [0.29, 0.717) is 18.5 Å².